The first-order chi connectivity index (χ1) is 10.00. The Kier molecular flexibility index (Phi) is 5.48. The minimum Gasteiger partial charge on any atom is -0.493 e. The van der Waals surface area contributed by atoms with Gasteiger partial charge >= 0.3 is 0 Å². The van der Waals surface area contributed by atoms with Gasteiger partial charge < -0.3 is 24.6 Å². The summed E-state index contributed by atoms with van der Waals surface area (Å²) in [6.45, 7) is 3.63. The van der Waals surface area contributed by atoms with Crippen LogP contribution in [-0.4, -0.2) is 44.2 Å². The summed E-state index contributed by atoms with van der Waals surface area (Å²) in [5.41, 5.74) is 0.256. The van der Waals surface area contributed by atoms with Gasteiger partial charge in [0.1, 0.15) is 5.60 Å². The number of hydrogen-bond acceptors (Lipinski definition) is 5. The van der Waals surface area contributed by atoms with Crippen LogP contribution in [0.1, 0.15) is 18.9 Å². The van der Waals surface area contributed by atoms with E-state index in [-0.39, 0.29) is 6.10 Å². The van der Waals surface area contributed by atoms with Crippen molar-refractivity contribution in [1.82, 2.24) is 5.32 Å². The maximum atomic E-state index is 10.4. The van der Waals surface area contributed by atoms with Crippen molar-refractivity contribution in [2.75, 3.05) is 27.4 Å². The van der Waals surface area contributed by atoms with Gasteiger partial charge in [0.25, 0.3) is 0 Å². The lowest BCUT2D eigenvalue weighted by atomic mass is 9.96. The second-order valence-electron chi connectivity index (χ2n) is 5.27. The molecule has 0 saturated carbocycles. The lowest BCUT2D eigenvalue weighted by molar-refractivity contribution is -0.0263. The van der Waals surface area contributed by atoms with Crippen molar-refractivity contribution in [2.24, 2.45) is 0 Å². The minimum absolute atomic E-state index is 0.140. The molecule has 21 heavy (non-hydrogen) atoms. The second-order valence-corrected chi connectivity index (χ2v) is 6.12. The molecule has 1 aromatic carbocycles. The number of rotatable bonds is 6. The molecule has 1 fully saturated rings. The van der Waals surface area contributed by atoms with Crippen LogP contribution in [0.3, 0.4) is 0 Å². The molecule has 1 heterocycles. The molecule has 1 aliphatic heterocycles. The smallest absolute Gasteiger partial charge is 0.161 e. The van der Waals surface area contributed by atoms with Crippen LogP contribution < -0.4 is 14.8 Å². The van der Waals surface area contributed by atoms with Gasteiger partial charge in [-0.05, 0) is 24.6 Å². The first-order valence-electron chi connectivity index (χ1n) is 6.95. The zero-order valence-corrected chi connectivity index (χ0v) is 14.2. The Morgan fingerprint density at radius 2 is 2.05 bits per heavy atom. The summed E-state index contributed by atoms with van der Waals surface area (Å²) >= 11 is 3.53. The van der Waals surface area contributed by atoms with Crippen LogP contribution in [0.15, 0.2) is 16.6 Å². The molecule has 118 valence electrons. The van der Waals surface area contributed by atoms with E-state index in [2.05, 4.69) is 21.2 Å². The zero-order chi connectivity index (χ0) is 15.5. The van der Waals surface area contributed by atoms with E-state index in [4.69, 9.17) is 14.2 Å². The maximum Gasteiger partial charge on any atom is 0.161 e. The highest BCUT2D eigenvalue weighted by atomic mass is 79.9. The molecular formula is C15H22BrNO4. The van der Waals surface area contributed by atoms with E-state index in [1.165, 1.54) is 0 Å². The zero-order valence-electron chi connectivity index (χ0n) is 12.6. The summed E-state index contributed by atoms with van der Waals surface area (Å²) in [5, 5.41) is 13.7. The summed E-state index contributed by atoms with van der Waals surface area (Å²) in [5.74, 6) is 1.37. The van der Waals surface area contributed by atoms with Gasteiger partial charge in [-0.1, -0.05) is 15.9 Å². The van der Waals surface area contributed by atoms with Crippen LogP contribution in [0.5, 0.6) is 11.5 Å². The highest BCUT2D eigenvalue weighted by Crippen LogP contribution is 2.33. The van der Waals surface area contributed by atoms with E-state index in [1.807, 2.05) is 19.1 Å². The monoisotopic (exact) mass is 359 g/mol. The van der Waals surface area contributed by atoms with E-state index in [9.17, 15) is 5.11 Å². The van der Waals surface area contributed by atoms with Crippen molar-refractivity contribution >= 4 is 15.9 Å². The fourth-order valence-corrected chi connectivity index (χ4v) is 2.91. The predicted octanol–water partition coefficient (Wildman–Crippen LogP) is 2.10. The first kappa shape index (κ1) is 16.5. The molecule has 0 aliphatic carbocycles. The average molecular weight is 360 g/mol. The summed E-state index contributed by atoms with van der Waals surface area (Å²) in [7, 11) is 3.22. The van der Waals surface area contributed by atoms with Crippen LogP contribution in [-0.2, 0) is 11.3 Å². The van der Waals surface area contributed by atoms with Crippen molar-refractivity contribution in [1.29, 1.82) is 0 Å². The molecule has 1 aliphatic rings. The van der Waals surface area contributed by atoms with Crippen LogP contribution in [0.2, 0.25) is 0 Å². The normalized spacial score (nSPS) is 25.1. The lowest BCUT2D eigenvalue weighted by Crippen LogP contribution is -2.45. The number of aliphatic hydroxyl groups is 1. The van der Waals surface area contributed by atoms with Crippen LogP contribution in [0.25, 0.3) is 0 Å². The molecule has 0 amide bonds. The van der Waals surface area contributed by atoms with Crippen molar-refractivity contribution in [2.45, 2.75) is 31.6 Å². The molecular weight excluding hydrogens is 338 g/mol. The molecule has 2 atom stereocenters. The molecule has 1 saturated heterocycles. The maximum absolute atomic E-state index is 10.4. The average Bonchev–Trinajstić information content (AvgIpc) is 2.80. The molecule has 2 rings (SSSR count). The van der Waals surface area contributed by atoms with Crippen molar-refractivity contribution in [3.05, 3.63) is 22.2 Å². The van der Waals surface area contributed by atoms with Crippen molar-refractivity contribution < 1.29 is 19.3 Å². The summed E-state index contributed by atoms with van der Waals surface area (Å²) in [6, 6.07) is 3.81. The number of benzene rings is 1. The third-order valence-corrected chi connectivity index (χ3v) is 4.70. The van der Waals surface area contributed by atoms with E-state index in [0.717, 1.165) is 10.0 Å². The SMILES string of the molecule is COc1cc(Br)c(CNCC2(O)CCOC2C)cc1OC. The van der Waals surface area contributed by atoms with Gasteiger partial charge in [0.15, 0.2) is 11.5 Å². The lowest BCUT2D eigenvalue weighted by Gasteiger charge is -2.26. The van der Waals surface area contributed by atoms with Gasteiger partial charge in [0.05, 0.1) is 20.3 Å². The molecule has 2 unspecified atom stereocenters. The van der Waals surface area contributed by atoms with Gasteiger partial charge in [-0.15, -0.1) is 0 Å². The Labute approximate surface area is 133 Å². The Balaban J connectivity index is 2.00. The Bertz CT molecular complexity index is 497. The van der Waals surface area contributed by atoms with Crippen molar-refractivity contribution in [3.8, 4) is 11.5 Å². The number of ether oxygens (including phenoxy) is 3. The van der Waals surface area contributed by atoms with Gasteiger partial charge in [0, 0.05) is 30.6 Å². The molecule has 0 bridgehead atoms. The third-order valence-electron chi connectivity index (χ3n) is 3.96. The van der Waals surface area contributed by atoms with Crippen LogP contribution in [0, 0.1) is 0 Å². The fourth-order valence-electron chi connectivity index (χ4n) is 2.45. The highest BCUT2D eigenvalue weighted by Gasteiger charge is 2.38. The molecule has 6 heteroatoms. The van der Waals surface area contributed by atoms with Crippen LogP contribution in [0.4, 0.5) is 0 Å². The molecule has 0 radical (unpaired) electrons. The number of nitrogens with one attached hydrogen (secondary N) is 1. The summed E-state index contributed by atoms with van der Waals surface area (Å²) in [6.07, 6.45) is 0.521. The number of halogens is 1. The Morgan fingerprint density at radius 3 is 2.62 bits per heavy atom. The van der Waals surface area contributed by atoms with Gasteiger partial charge in [0.2, 0.25) is 0 Å². The topological polar surface area (TPSA) is 60.0 Å². The molecule has 0 spiro atoms. The van der Waals surface area contributed by atoms with Gasteiger partial charge in [-0.2, -0.15) is 0 Å². The molecule has 0 aromatic heterocycles. The van der Waals surface area contributed by atoms with Crippen LogP contribution >= 0.6 is 15.9 Å². The minimum atomic E-state index is -0.789. The Hall–Kier alpha value is -0.820. The predicted molar refractivity (Wildman–Crippen MR) is 83.9 cm³/mol. The van der Waals surface area contributed by atoms with E-state index in [0.29, 0.717) is 37.6 Å². The quantitative estimate of drug-likeness (QED) is 0.814. The standard InChI is InChI=1S/C15H22BrNO4/c1-10-15(18,4-5-21-10)9-17-8-11-6-13(19-2)14(20-3)7-12(11)16/h6-7,10,17-18H,4-5,8-9H2,1-3H3. The first-order valence-corrected chi connectivity index (χ1v) is 7.74. The molecule has 1 aromatic rings. The largest absolute Gasteiger partial charge is 0.493 e. The van der Waals surface area contributed by atoms with E-state index < -0.39 is 5.60 Å². The molecule has 5 nitrogen and oxygen atoms in total. The molecule has 2 N–H and O–H groups in total. The number of methoxy groups -OCH3 is 2. The summed E-state index contributed by atoms with van der Waals surface area (Å²) in [4.78, 5) is 0. The van der Waals surface area contributed by atoms with Gasteiger partial charge in [-0.25, -0.2) is 0 Å². The summed E-state index contributed by atoms with van der Waals surface area (Å²) < 4.78 is 16.9. The second kappa shape index (κ2) is 6.96. The fraction of sp³-hybridized carbons (Fsp3) is 0.600. The van der Waals surface area contributed by atoms with E-state index >= 15 is 0 Å². The van der Waals surface area contributed by atoms with E-state index in [1.54, 1.807) is 14.2 Å². The Morgan fingerprint density at radius 1 is 1.38 bits per heavy atom. The van der Waals surface area contributed by atoms with Crippen molar-refractivity contribution in [3.63, 3.8) is 0 Å². The third kappa shape index (κ3) is 3.69. The van der Waals surface area contributed by atoms with Gasteiger partial charge in [-0.3, -0.25) is 0 Å². The number of hydrogen-bond donors (Lipinski definition) is 2. The highest BCUT2D eigenvalue weighted by molar-refractivity contribution is 9.10.